The van der Waals surface area contributed by atoms with Gasteiger partial charge in [0.25, 0.3) is 0 Å². The van der Waals surface area contributed by atoms with Crippen LogP contribution in [0.25, 0.3) is 0 Å². The number of hydrogen-bond donors (Lipinski definition) is 2. The first kappa shape index (κ1) is 7.65. The van der Waals surface area contributed by atoms with Crippen molar-refractivity contribution >= 4 is 11.8 Å². The van der Waals surface area contributed by atoms with Crippen molar-refractivity contribution in [3.63, 3.8) is 0 Å². The minimum atomic E-state index is -0.807. The molecule has 1 rings (SSSR count). The van der Waals surface area contributed by atoms with Crippen LogP contribution in [0.15, 0.2) is 18.3 Å². The lowest BCUT2D eigenvalue weighted by Gasteiger charge is -2.01. The van der Waals surface area contributed by atoms with Crippen molar-refractivity contribution < 1.29 is 9.90 Å². The molecule has 11 heavy (non-hydrogen) atoms. The zero-order chi connectivity index (χ0) is 8.27. The second-order valence-electron chi connectivity index (χ2n) is 2.27. The molecule has 1 heterocycles. The summed E-state index contributed by atoms with van der Waals surface area (Å²) in [5, 5.41) is 8.35. The summed E-state index contributed by atoms with van der Waals surface area (Å²) in [6.45, 7) is 0.439. The summed E-state index contributed by atoms with van der Waals surface area (Å²) in [5.41, 5.74) is 5.50. The number of rotatable bonds is 3. The fourth-order valence-corrected chi connectivity index (χ4v) is 0.847. The third-order valence-electron chi connectivity index (χ3n) is 1.43. The van der Waals surface area contributed by atoms with Gasteiger partial charge in [0.15, 0.2) is 0 Å². The Balaban J connectivity index is 2.51. The van der Waals surface area contributed by atoms with E-state index in [4.69, 9.17) is 10.8 Å². The van der Waals surface area contributed by atoms with Gasteiger partial charge < -0.3 is 15.4 Å². The molecule has 0 amide bonds. The van der Waals surface area contributed by atoms with E-state index < -0.39 is 5.97 Å². The van der Waals surface area contributed by atoms with E-state index in [2.05, 4.69) is 0 Å². The molecule has 0 aromatic carbocycles. The van der Waals surface area contributed by atoms with Gasteiger partial charge in [-0.1, -0.05) is 0 Å². The fourth-order valence-electron chi connectivity index (χ4n) is 0.847. The maximum Gasteiger partial charge on any atom is 0.305 e. The number of nitrogens with two attached hydrogens (primary N) is 1. The Morgan fingerprint density at radius 2 is 2.45 bits per heavy atom. The quantitative estimate of drug-likeness (QED) is 0.667. The highest BCUT2D eigenvalue weighted by atomic mass is 16.4. The summed E-state index contributed by atoms with van der Waals surface area (Å²) in [7, 11) is 0. The maximum atomic E-state index is 10.2. The van der Waals surface area contributed by atoms with Gasteiger partial charge in [-0.3, -0.25) is 4.79 Å². The van der Waals surface area contributed by atoms with Gasteiger partial charge in [0.2, 0.25) is 0 Å². The van der Waals surface area contributed by atoms with E-state index in [0.717, 1.165) is 0 Å². The van der Waals surface area contributed by atoms with Gasteiger partial charge >= 0.3 is 5.97 Å². The Hall–Kier alpha value is -1.45. The Kier molecular flexibility index (Phi) is 2.15. The van der Waals surface area contributed by atoms with Crippen molar-refractivity contribution in [3.8, 4) is 0 Å². The van der Waals surface area contributed by atoms with Crippen LogP contribution in [0.4, 0.5) is 5.82 Å². The molecule has 0 saturated carbocycles. The highest BCUT2D eigenvalue weighted by Gasteiger charge is 1.99. The fraction of sp³-hybridized carbons (Fsp3) is 0.286. The standard InChI is InChI=1S/C7H10N2O2/c8-6-2-1-4-9(6)5-3-7(10)11/h1-2,4H,3,5,8H2,(H,10,11). The van der Waals surface area contributed by atoms with Gasteiger partial charge in [-0.15, -0.1) is 0 Å². The maximum absolute atomic E-state index is 10.2. The molecule has 0 saturated heterocycles. The molecule has 0 fully saturated rings. The van der Waals surface area contributed by atoms with E-state index in [-0.39, 0.29) is 6.42 Å². The van der Waals surface area contributed by atoms with Crippen LogP contribution >= 0.6 is 0 Å². The van der Waals surface area contributed by atoms with Crippen LogP contribution in [0.3, 0.4) is 0 Å². The van der Waals surface area contributed by atoms with Crippen LogP contribution in [0, 0.1) is 0 Å². The summed E-state index contributed by atoms with van der Waals surface area (Å²) < 4.78 is 1.70. The molecule has 1 aromatic rings. The molecular formula is C7H10N2O2. The number of aromatic nitrogens is 1. The monoisotopic (exact) mass is 154 g/mol. The van der Waals surface area contributed by atoms with Crippen LogP contribution in [0.2, 0.25) is 0 Å². The lowest BCUT2D eigenvalue weighted by molar-refractivity contribution is -0.137. The smallest absolute Gasteiger partial charge is 0.305 e. The highest BCUT2D eigenvalue weighted by Crippen LogP contribution is 2.03. The van der Waals surface area contributed by atoms with Gasteiger partial charge in [-0.25, -0.2) is 0 Å². The summed E-state index contributed by atoms with van der Waals surface area (Å²) in [4.78, 5) is 10.2. The van der Waals surface area contributed by atoms with E-state index in [1.165, 1.54) is 0 Å². The predicted octanol–water partition coefficient (Wildman–Crippen LogP) is 0.545. The topological polar surface area (TPSA) is 68.2 Å². The molecule has 0 atom stereocenters. The summed E-state index contributed by atoms with van der Waals surface area (Å²) >= 11 is 0. The zero-order valence-electron chi connectivity index (χ0n) is 6.03. The number of aliphatic carboxylic acids is 1. The lowest BCUT2D eigenvalue weighted by Crippen LogP contribution is -2.05. The van der Waals surface area contributed by atoms with Crippen LogP contribution in [0.1, 0.15) is 6.42 Å². The third-order valence-corrected chi connectivity index (χ3v) is 1.43. The minimum Gasteiger partial charge on any atom is -0.481 e. The van der Waals surface area contributed by atoms with E-state index >= 15 is 0 Å². The number of nitrogens with zero attached hydrogens (tertiary/aromatic N) is 1. The zero-order valence-corrected chi connectivity index (χ0v) is 6.03. The molecule has 0 aliphatic heterocycles. The molecule has 4 heteroatoms. The molecular weight excluding hydrogens is 144 g/mol. The Morgan fingerprint density at radius 3 is 2.91 bits per heavy atom. The molecule has 0 bridgehead atoms. The normalized spacial score (nSPS) is 9.82. The summed E-state index contributed by atoms with van der Waals surface area (Å²) in [6, 6.07) is 3.53. The number of nitrogen functional groups attached to an aromatic ring is 1. The molecule has 0 aliphatic rings. The molecule has 4 nitrogen and oxygen atoms in total. The predicted molar refractivity (Wildman–Crippen MR) is 41.1 cm³/mol. The van der Waals surface area contributed by atoms with Crippen molar-refractivity contribution in [2.45, 2.75) is 13.0 Å². The second kappa shape index (κ2) is 3.09. The second-order valence-corrected chi connectivity index (χ2v) is 2.27. The average molecular weight is 154 g/mol. The van der Waals surface area contributed by atoms with Crippen LogP contribution in [-0.2, 0) is 11.3 Å². The van der Waals surface area contributed by atoms with Crippen molar-refractivity contribution in [2.24, 2.45) is 0 Å². The highest BCUT2D eigenvalue weighted by molar-refractivity contribution is 5.66. The van der Waals surface area contributed by atoms with E-state index in [1.54, 1.807) is 22.9 Å². The molecule has 1 aromatic heterocycles. The molecule has 60 valence electrons. The molecule has 0 unspecified atom stereocenters. The van der Waals surface area contributed by atoms with Gasteiger partial charge in [-0.2, -0.15) is 0 Å². The number of hydrogen-bond acceptors (Lipinski definition) is 2. The van der Waals surface area contributed by atoms with E-state index in [9.17, 15) is 4.79 Å². The Labute approximate surface area is 64.2 Å². The summed E-state index contributed by atoms with van der Waals surface area (Å²) in [6.07, 6.45) is 1.87. The number of aryl methyl sites for hydroxylation is 1. The number of carboxylic acids is 1. The van der Waals surface area contributed by atoms with E-state index in [1.807, 2.05) is 0 Å². The summed E-state index contributed by atoms with van der Waals surface area (Å²) in [5.74, 6) is -0.204. The molecule has 0 aliphatic carbocycles. The van der Waals surface area contributed by atoms with Gasteiger partial charge in [-0.05, 0) is 12.1 Å². The van der Waals surface area contributed by atoms with Crippen LogP contribution in [0.5, 0.6) is 0 Å². The minimum absolute atomic E-state index is 0.110. The lowest BCUT2D eigenvalue weighted by atomic mass is 10.4. The van der Waals surface area contributed by atoms with Crippen molar-refractivity contribution in [3.05, 3.63) is 18.3 Å². The molecule has 0 spiro atoms. The van der Waals surface area contributed by atoms with Crippen LogP contribution < -0.4 is 5.73 Å². The Morgan fingerprint density at radius 1 is 1.73 bits per heavy atom. The van der Waals surface area contributed by atoms with Crippen molar-refractivity contribution in [2.75, 3.05) is 5.73 Å². The van der Waals surface area contributed by atoms with Crippen LogP contribution in [-0.4, -0.2) is 15.6 Å². The number of carbonyl (C=O) groups is 1. The molecule has 0 radical (unpaired) electrons. The number of carboxylic acid groups (broad SMARTS) is 1. The third kappa shape index (κ3) is 2.00. The first-order chi connectivity index (χ1) is 5.20. The largest absolute Gasteiger partial charge is 0.481 e. The van der Waals surface area contributed by atoms with Gasteiger partial charge in [0.1, 0.15) is 5.82 Å². The SMILES string of the molecule is Nc1cccn1CCC(=O)O. The molecule has 3 N–H and O–H groups in total. The van der Waals surface area contributed by atoms with Gasteiger partial charge in [0, 0.05) is 12.7 Å². The van der Waals surface area contributed by atoms with Crippen molar-refractivity contribution in [1.82, 2.24) is 4.57 Å². The van der Waals surface area contributed by atoms with Crippen molar-refractivity contribution in [1.29, 1.82) is 0 Å². The van der Waals surface area contributed by atoms with E-state index in [0.29, 0.717) is 12.4 Å². The Bertz CT molecular complexity index is 255. The first-order valence-corrected chi connectivity index (χ1v) is 3.32. The average Bonchev–Trinajstić information content (AvgIpc) is 2.31. The first-order valence-electron chi connectivity index (χ1n) is 3.32. The number of anilines is 1. The van der Waals surface area contributed by atoms with Gasteiger partial charge in [0.05, 0.1) is 6.42 Å².